The van der Waals surface area contributed by atoms with Gasteiger partial charge in [-0.1, -0.05) is 20.8 Å². The second-order valence-corrected chi connectivity index (χ2v) is 6.58. The van der Waals surface area contributed by atoms with E-state index in [9.17, 15) is 14.7 Å². The molecule has 0 aromatic rings. The minimum atomic E-state index is -1.30. The molecular weight excluding hydrogens is 244 g/mol. The van der Waals surface area contributed by atoms with E-state index >= 15 is 0 Å². The summed E-state index contributed by atoms with van der Waals surface area (Å²) in [4.78, 5) is 22.6. The van der Waals surface area contributed by atoms with Crippen LogP contribution in [0.5, 0.6) is 0 Å². The zero-order valence-corrected chi connectivity index (χ0v) is 12.1. The van der Waals surface area contributed by atoms with Gasteiger partial charge in [0.2, 0.25) is 11.8 Å². The van der Waals surface area contributed by atoms with Gasteiger partial charge in [0.15, 0.2) is 0 Å². The van der Waals surface area contributed by atoms with Gasteiger partial charge in [-0.3, -0.25) is 9.59 Å². The number of hydrogen-bond donors (Lipinski definition) is 3. The molecule has 1 aliphatic rings. The molecule has 0 aromatic carbocycles. The van der Waals surface area contributed by atoms with Gasteiger partial charge in [0.25, 0.3) is 0 Å². The molecule has 19 heavy (non-hydrogen) atoms. The SMILES string of the molecule is CC(C)(C)C1CCC(C(=O)NCC(O)C(N)=O)CC1. The number of carbonyl (C=O) groups is 2. The van der Waals surface area contributed by atoms with Crippen LogP contribution >= 0.6 is 0 Å². The monoisotopic (exact) mass is 270 g/mol. The van der Waals surface area contributed by atoms with E-state index in [-0.39, 0.29) is 18.4 Å². The molecule has 0 aromatic heterocycles. The molecule has 1 saturated carbocycles. The highest BCUT2D eigenvalue weighted by Gasteiger charge is 2.32. The fourth-order valence-electron chi connectivity index (χ4n) is 2.66. The highest BCUT2D eigenvalue weighted by Crippen LogP contribution is 2.39. The standard InChI is InChI=1S/C14H26N2O3/c1-14(2,3)10-6-4-9(5-7-10)13(19)16-8-11(17)12(15)18/h9-11,17H,4-8H2,1-3H3,(H2,15,18)(H,16,19). The van der Waals surface area contributed by atoms with Gasteiger partial charge in [0.05, 0.1) is 6.54 Å². The molecule has 1 atom stereocenters. The molecule has 1 aliphatic carbocycles. The lowest BCUT2D eigenvalue weighted by atomic mass is 9.69. The molecule has 1 rings (SSSR count). The first-order chi connectivity index (χ1) is 8.71. The first-order valence-corrected chi connectivity index (χ1v) is 6.97. The zero-order chi connectivity index (χ0) is 14.6. The molecule has 0 saturated heterocycles. The predicted octanol–water partition coefficient (Wildman–Crippen LogP) is 0.801. The Labute approximate surface area is 114 Å². The average molecular weight is 270 g/mol. The van der Waals surface area contributed by atoms with Crippen LogP contribution in [0.2, 0.25) is 0 Å². The molecule has 0 aliphatic heterocycles. The highest BCUT2D eigenvalue weighted by molar-refractivity contribution is 5.82. The Bertz CT molecular complexity index is 328. The first kappa shape index (κ1) is 16.0. The van der Waals surface area contributed by atoms with Gasteiger partial charge < -0.3 is 16.2 Å². The molecule has 5 nitrogen and oxygen atoms in total. The Morgan fingerprint density at radius 3 is 2.21 bits per heavy atom. The lowest BCUT2D eigenvalue weighted by Crippen LogP contribution is -2.43. The van der Waals surface area contributed by atoms with E-state index in [1.54, 1.807) is 0 Å². The number of hydrogen-bond acceptors (Lipinski definition) is 3. The molecule has 0 bridgehead atoms. The van der Waals surface area contributed by atoms with Crippen molar-refractivity contribution in [1.82, 2.24) is 5.32 Å². The van der Waals surface area contributed by atoms with E-state index in [0.717, 1.165) is 25.7 Å². The number of aliphatic hydroxyl groups excluding tert-OH is 1. The number of nitrogens with one attached hydrogen (secondary N) is 1. The topological polar surface area (TPSA) is 92.4 Å². The number of rotatable bonds is 4. The van der Waals surface area contributed by atoms with Crippen LogP contribution in [0.1, 0.15) is 46.5 Å². The van der Waals surface area contributed by atoms with E-state index < -0.39 is 12.0 Å². The summed E-state index contributed by atoms with van der Waals surface area (Å²) in [6.07, 6.45) is 2.57. The van der Waals surface area contributed by atoms with Gasteiger partial charge >= 0.3 is 0 Å². The van der Waals surface area contributed by atoms with Gasteiger partial charge in [-0.05, 0) is 37.0 Å². The second-order valence-electron chi connectivity index (χ2n) is 6.58. The van der Waals surface area contributed by atoms with Crippen molar-refractivity contribution < 1.29 is 14.7 Å². The third-order valence-corrected chi connectivity index (χ3v) is 4.12. The van der Waals surface area contributed by atoms with Crippen molar-refractivity contribution in [2.24, 2.45) is 23.0 Å². The van der Waals surface area contributed by atoms with Gasteiger partial charge in [0.1, 0.15) is 6.10 Å². The van der Waals surface area contributed by atoms with Crippen molar-refractivity contribution in [3.63, 3.8) is 0 Å². The van der Waals surface area contributed by atoms with E-state index in [4.69, 9.17) is 5.73 Å². The quantitative estimate of drug-likeness (QED) is 0.705. The summed E-state index contributed by atoms with van der Waals surface area (Å²) in [5.74, 6) is -0.226. The average Bonchev–Trinajstić information content (AvgIpc) is 2.34. The van der Waals surface area contributed by atoms with E-state index in [1.807, 2.05) is 0 Å². The summed E-state index contributed by atoms with van der Waals surface area (Å²) in [6.45, 7) is 6.62. The van der Waals surface area contributed by atoms with Crippen LogP contribution in [0.15, 0.2) is 0 Å². The molecule has 0 heterocycles. The lowest BCUT2D eigenvalue weighted by molar-refractivity contribution is -0.129. The number of amides is 2. The number of aliphatic hydroxyl groups is 1. The molecule has 2 amide bonds. The predicted molar refractivity (Wildman–Crippen MR) is 73.1 cm³/mol. The summed E-state index contributed by atoms with van der Waals surface area (Å²) in [6, 6.07) is 0. The Balaban J connectivity index is 2.35. The molecule has 5 heteroatoms. The zero-order valence-electron chi connectivity index (χ0n) is 12.1. The minimum absolute atomic E-state index is 0.00123. The molecular formula is C14H26N2O3. The fraction of sp³-hybridized carbons (Fsp3) is 0.857. The van der Waals surface area contributed by atoms with Crippen LogP contribution in [0, 0.1) is 17.3 Å². The van der Waals surface area contributed by atoms with Crippen molar-refractivity contribution in [1.29, 1.82) is 0 Å². The van der Waals surface area contributed by atoms with Crippen LogP contribution in [-0.2, 0) is 9.59 Å². The smallest absolute Gasteiger partial charge is 0.248 e. The van der Waals surface area contributed by atoms with Gasteiger partial charge in [0, 0.05) is 5.92 Å². The van der Waals surface area contributed by atoms with Crippen LogP contribution in [0.4, 0.5) is 0 Å². The van der Waals surface area contributed by atoms with Crippen LogP contribution < -0.4 is 11.1 Å². The molecule has 0 radical (unpaired) electrons. The lowest BCUT2D eigenvalue weighted by Gasteiger charge is -2.36. The molecule has 1 unspecified atom stereocenters. The van der Waals surface area contributed by atoms with Gasteiger partial charge in [-0.15, -0.1) is 0 Å². The maximum atomic E-state index is 11.9. The van der Waals surface area contributed by atoms with E-state index in [2.05, 4.69) is 26.1 Å². The normalized spacial score (nSPS) is 25.7. The Morgan fingerprint density at radius 1 is 1.26 bits per heavy atom. The third-order valence-electron chi connectivity index (χ3n) is 4.12. The largest absolute Gasteiger partial charge is 0.381 e. The summed E-state index contributed by atoms with van der Waals surface area (Å²) in [5.41, 5.74) is 5.22. The Hall–Kier alpha value is -1.10. The molecule has 0 spiro atoms. The maximum Gasteiger partial charge on any atom is 0.248 e. The van der Waals surface area contributed by atoms with E-state index in [0.29, 0.717) is 11.3 Å². The molecule has 1 fully saturated rings. The van der Waals surface area contributed by atoms with Crippen molar-refractivity contribution in [2.75, 3.05) is 6.54 Å². The van der Waals surface area contributed by atoms with Crippen molar-refractivity contribution in [3.05, 3.63) is 0 Å². The second kappa shape index (κ2) is 6.37. The summed E-state index contributed by atoms with van der Waals surface area (Å²) in [5, 5.41) is 11.8. The summed E-state index contributed by atoms with van der Waals surface area (Å²) >= 11 is 0. The van der Waals surface area contributed by atoms with Gasteiger partial charge in [-0.25, -0.2) is 0 Å². The highest BCUT2D eigenvalue weighted by atomic mass is 16.3. The number of primary amides is 1. The third kappa shape index (κ3) is 4.82. The van der Waals surface area contributed by atoms with Crippen molar-refractivity contribution in [2.45, 2.75) is 52.6 Å². The summed E-state index contributed by atoms with van der Waals surface area (Å²) in [7, 11) is 0. The summed E-state index contributed by atoms with van der Waals surface area (Å²) < 4.78 is 0. The van der Waals surface area contributed by atoms with Gasteiger partial charge in [-0.2, -0.15) is 0 Å². The fourth-order valence-corrected chi connectivity index (χ4v) is 2.66. The van der Waals surface area contributed by atoms with Crippen LogP contribution in [0.25, 0.3) is 0 Å². The maximum absolute atomic E-state index is 11.9. The number of carbonyl (C=O) groups excluding carboxylic acids is 2. The minimum Gasteiger partial charge on any atom is -0.381 e. The molecule has 4 N–H and O–H groups in total. The van der Waals surface area contributed by atoms with Crippen LogP contribution in [0.3, 0.4) is 0 Å². The van der Waals surface area contributed by atoms with Crippen LogP contribution in [-0.4, -0.2) is 29.6 Å². The molecule has 110 valence electrons. The Kier molecular flexibility index (Phi) is 5.35. The Morgan fingerprint density at radius 2 is 1.79 bits per heavy atom. The van der Waals surface area contributed by atoms with Crippen molar-refractivity contribution >= 4 is 11.8 Å². The van der Waals surface area contributed by atoms with Crippen molar-refractivity contribution in [3.8, 4) is 0 Å². The number of nitrogens with two attached hydrogens (primary N) is 1. The van der Waals surface area contributed by atoms with E-state index in [1.165, 1.54) is 0 Å². The first-order valence-electron chi connectivity index (χ1n) is 6.97.